The van der Waals surface area contributed by atoms with Crippen molar-refractivity contribution in [1.82, 2.24) is 15.5 Å². The quantitative estimate of drug-likeness (QED) is 0.285. The van der Waals surface area contributed by atoms with E-state index in [1.165, 1.54) is 4.90 Å². The van der Waals surface area contributed by atoms with Crippen molar-refractivity contribution < 1.29 is 29.1 Å². The lowest BCUT2D eigenvalue weighted by molar-refractivity contribution is -0.148. The number of rotatable bonds is 10. The Bertz CT molecular complexity index is 831. The zero-order valence-electron chi connectivity index (χ0n) is 17.0. The summed E-state index contributed by atoms with van der Waals surface area (Å²) in [5, 5.41) is 14.1. The number of hydrogen-bond acceptors (Lipinski definition) is 6. The fourth-order valence-electron chi connectivity index (χ4n) is 3.36. The van der Waals surface area contributed by atoms with Gasteiger partial charge in [0.15, 0.2) is 0 Å². The molecule has 7 N–H and O–H groups in total. The molecule has 11 nitrogen and oxygen atoms in total. The molecule has 1 aromatic carbocycles. The molecule has 3 atom stereocenters. The molecule has 0 aromatic heterocycles. The Morgan fingerprint density at radius 2 is 1.81 bits per heavy atom. The Hall–Kier alpha value is -3.47. The van der Waals surface area contributed by atoms with Crippen molar-refractivity contribution in [2.45, 2.75) is 43.8 Å². The van der Waals surface area contributed by atoms with Gasteiger partial charge in [-0.05, 0) is 18.4 Å². The van der Waals surface area contributed by atoms with E-state index in [0.29, 0.717) is 19.4 Å². The second-order valence-corrected chi connectivity index (χ2v) is 7.33. The lowest BCUT2D eigenvalue weighted by atomic mass is 10.0. The predicted molar refractivity (Wildman–Crippen MR) is 109 cm³/mol. The van der Waals surface area contributed by atoms with Crippen molar-refractivity contribution in [3.8, 4) is 0 Å². The minimum atomic E-state index is -1.22. The summed E-state index contributed by atoms with van der Waals surface area (Å²) in [5.41, 5.74) is 11.5. The molecule has 1 heterocycles. The van der Waals surface area contributed by atoms with E-state index in [2.05, 4.69) is 10.6 Å². The molecule has 11 heteroatoms. The van der Waals surface area contributed by atoms with Crippen LogP contribution in [0.3, 0.4) is 0 Å². The van der Waals surface area contributed by atoms with E-state index in [4.69, 9.17) is 11.5 Å². The summed E-state index contributed by atoms with van der Waals surface area (Å²) < 4.78 is 0. The van der Waals surface area contributed by atoms with Crippen LogP contribution < -0.4 is 22.1 Å². The summed E-state index contributed by atoms with van der Waals surface area (Å²) in [6.07, 6.45) is 0.674. The summed E-state index contributed by atoms with van der Waals surface area (Å²) in [6.45, 7) is -0.102. The number of hydrogen-bond donors (Lipinski definition) is 5. The van der Waals surface area contributed by atoms with Crippen LogP contribution in [0.1, 0.15) is 24.8 Å². The predicted octanol–water partition coefficient (Wildman–Crippen LogP) is -1.89. The van der Waals surface area contributed by atoms with E-state index in [1.807, 2.05) is 0 Å². The first-order valence-electron chi connectivity index (χ1n) is 9.87. The highest BCUT2D eigenvalue weighted by Gasteiger charge is 2.34. The number of carboxylic acid groups (broad SMARTS) is 1. The molecule has 0 spiro atoms. The number of nitrogens with zero attached hydrogens (tertiary/aromatic N) is 1. The van der Waals surface area contributed by atoms with Crippen molar-refractivity contribution in [3.63, 3.8) is 0 Å². The third kappa shape index (κ3) is 7.07. The third-order valence-corrected chi connectivity index (χ3v) is 4.95. The van der Waals surface area contributed by atoms with Crippen molar-refractivity contribution in [1.29, 1.82) is 0 Å². The number of nitrogens with one attached hydrogen (secondary N) is 2. The smallest absolute Gasteiger partial charge is 0.326 e. The summed E-state index contributed by atoms with van der Waals surface area (Å²) in [4.78, 5) is 60.9. The standard InChI is InChI=1S/C20H27N5O6/c21-13(10-16(22)26)18(28)24-14(9-12-5-2-1-3-6-12)19(29)23-11-17(27)25-8-4-7-15(25)20(30)31/h1-3,5-6,13-15H,4,7-11,21H2,(H2,22,26)(H,23,29)(H,24,28)(H,30,31). The molecule has 1 saturated heterocycles. The van der Waals surface area contributed by atoms with Gasteiger partial charge in [0.2, 0.25) is 23.6 Å². The molecule has 0 radical (unpaired) electrons. The number of carbonyl (C=O) groups is 5. The van der Waals surface area contributed by atoms with Gasteiger partial charge in [-0.3, -0.25) is 19.2 Å². The van der Waals surface area contributed by atoms with Gasteiger partial charge in [0.25, 0.3) is 0 Å². The Morgan fingerprint density at radius 3 is 2.42 bits per heavy atom. The molecular weight excluding hydrogens is 406 g/mol. The lowest BCUT2D eigenvalue weighted by Crippen LogP contribution is -2.54. The molecule has 1 fully saturated rings. The molecule has 1 aliphatic rings. The van der Waals surface area contributed by atoms with Gasteiger partial charge < -0.3 is 32.1 Å². The van der Waals surface area contributed by atoms with E-state index < -0.39 is 54.3 Å². The number of carboxylic acids is 1. The number of primary amides is 1. The van der Waals surface area contributed by atoms with Crippen LogP contribution >= 0.6 is 0 Å². The van der Waals surface area contributed by atoms with Crippen LogP contribution in [0.4, 0.5) is 0 Å². The summed E-state index contributed by atoms with van der Waals surface area (Å²) >= 11 is 0. The molecule has 0 aliphatic carbocycles. The van der Waals surface area contributed by atoms with Crippen LogP contribution in [0, 0.1) is 0 Å². The average Bonchev–Trinajstić information content (AvgIpc) is 3.22. The maximum atomic E-state index is 12.7. The first-order valence-corrected chi connectivity index (χ1v) is 9.87. The van der Waals surface area contributed by atoms with Crippen LogP contribution in [0.5, 0.6) is 0 Å². The van der Waals surface area contributed by atoms with Crippen molar-refractivity contribution in [3.05, 3.63) is 35.9 Å². The molecule has 31 heavy (non-hydrogen) atoms. The zero-order chi connectivity index (χ0) is 23.0. The largest absolute Gasteiger partial charge is 0.480 e. The number of amides is 4. The normalized spacial score (nSPS) is 17.5. The van der Waals surface area contributed by atoms with Crippen molar-refractivity contribution in [2.75, 3.05) is 13.1 Å². The van der Waals surface area contributed by atoms with E-state index in [-0.39, 0.29) is 12.8 Å². The van der Waals surface area contributed by atoms with E-state index in [0.717, 1.165) is 5.56 Å². The number of nitrogens with two attached hydrogens (primary N) is 2. The van der Waals surface area contributed by atoms with Gasteiger partial charge in [0.05, 0.1) is 19.0 Å². The Morgan fingerprint density at radius 1 is 1.13 bits per heavy atom. The first-order chi connectivity index (χ1) is 14.7. The number of carbonyl (C=O) groups excluding carboxylic acids is 4. The maximum Gasteiger partial charge on any atom is 0.326 e. The Labute approximate surface area is 179 Å². The molecule has 0 saturated carbocycles. The summed E-state index contributed by atoms with van der Waals surface area (Å²) in [6, 6.07) is 5.69. The Balaban J connectivity index is 2.03. The number of likely N-dealkylation sites (tertiary alicyclic amines) is 1. The van der Waals surface area contributed by atoms with Gasteiger partial charge in [-0.15, -0.1) is 0 Å². The number of aliphatic carboxylic acids is 1. The fraction of sp³-hybridized carbons (Fsp3) is 0.450. The molecule has 1 aliphatic heterocycles. The highest BCUT2D eigenvalue weighted by Crippen LogP contribution is 2.17. The molecule has 1 aromatic rings. The van der Waals surface area contributed by atoms with Crippen molar-refractivity contribution >= 4 is 29.6 Å². The lowest BCUT2D eigenvalue weighted by Gasteiger charge is -2.23. The Kier molecular flexibility index (Phi) is 8.50. The minimum Gasteiger partial charge on any atom is -0.480 e. The van der Waals surface area contributed by atoms with Crippen LogP contribution in [-0.4, -0.2) is 70.8 Å². The van der Waals surface area contributed by atoms with Gasteiger partial charge in [0.1, 0.15) is 12.1 Å². The minimum absolute atomic E-state index is 0.122. The SMILES string of the molecule is NC(=O)CC(N)C(=O)NC(Cc1ccccc1)C(=O)NCC(=O)N1CCCC1C(=O)O. The maximum absolute atomic E-state index is 12.7. The third-order valence-electron chi connectivity index (χ3n) is 4.95. The van der Waals surface area contributed by atoms with Gasteiger partial charge in [-0.1, -0.05) is 30.3 Å². The van der Waals surface area contributed by atoms with Crippen LogP contribution in [0.15, 0.2) is 30.3 Å². The van der Waals surface area contributed by atoms with Gasteiger partial charge in [-0.25, -0.2) is 4.79 Å². The van der Waals surface area contributed by atoms with E-state index in [9.17, 15) is 29.1 Å². The molecular formula is C20H27N5O6. The zero-order valence-corrected chi connectivity index (χ0v) is 17.0. The molecule has 0 bridgehead atoms. The topological polar surface area (TPSA) is 185 Å². The van der Waals surface area contributed by atoms with Gasteiger partial charge in [-0.2, -0.15) is 0 Å². The summed E-state index contributed by atoms with van der Waals surface area (Å²) in [5.74, 6) is -3.73. The highest BCUT2D eigenvalue weighted by atomic mass is 16.4. The second kappa shape index (κ2) is 11.1. The van der Waals surface area contributed by atoms with Gasteiger partial charge in [0, 0.05) is 13.0 Å². The molecule has 168 valence electrons. The molecule has 3 unspecified atom stereocenters. The van der Waals surface area contributed by atoms with E-state index in [1.54, 1.807) is 30.3 Å². The average molecular weight is 433 g/mol. The molecule has 4 amide bonds. The van der Waals surface area contributed by atoms with Crippen LogP contribution in [0.25, 0.3) is 0 Å². The van der Waals surface area contributed by atoms with Crippen LogP contribution in [-0.2, 0) is 30.4 Å². The van der Waals surface area contributed by atoms with Gasteiger partial charge >= 0.3 is 5.97 Å². The molecule has 2 rings (SSSR count). The van der Waals surface area contributed by atoms with E-state index >= 15 is 0 Å². The van der Waals surface area contributed by atoms with Crippen LogP contribution in [0.2, 0.25) is 0 Å². The highest BCUT2D eigenvalue weighted by molar-refractivity contribution is 5.94. The summed E-state index contributed by atoms with van der Waals surface area (Å²) in [7, 11) is 0. The second-order valence-electron chi connectivity index (χ2n) is 7.33. The first kappa shape index (κ1) is 23.8. The van der Waals surface area contributed by atoms with Crippen molar-refractivity contribution in [2.24, 2.45) is 11.5 Å². The number of benzene rings is 1. The fourth-order valence-corrected chi connectivity index (χ4v) is 3.36. The monoisotopic (exact) mass is 433 g/mol.